The van der Waals surface area contributed by atoms with E-state index in [0.717, 1.165) is 0 Å². The number of halogens is 1. The van der Waals surface area contributed by atoms with Crippen molar-refractivity contribution in [3.63, 3.8) is 0 Å². The number of ether oxygens (including phenoxy) is 1. The largest absolute Gasteiger partial charge is 0.383 e. The van der Waals surface area contributed by atoms with Crippen molar-refractivity contribution in [3.05, 3.63) is 16.4 Å². The summed E-state index contributed by atoms with van der Waals surface area (Å²) in [5.41, 5.74) is -1.10. The maximum absolute atomic E-state index is 10.8. The predicted octanol–water partition coefficient (Wildman–Crippen LogP) is 0.698. The summed E-state index contributed by atoms with van der Waals surface area (Å²) in [6.07, 6.45) is 2.03. The highest BCUT2D eigenvalue weighted by molar-refractivity contribution is 9.10. The fourth-order valence-corrected chi connectivity index (χ4v) is 1.97. The number of nitrogens with zero attached hydrogens (tertiary/aromatic N) is 2. The van der Waals surface area contributed by atoms with E-state index >= 15 is 0 Å². The van der Waals surface area contributed by atoms with Gasteiger partial charge in [-0.25, -0.2) is 0 Å². The molecular formula is C9H13BrN2O3. The highest BCUT2D eigenvalue weighted by atomic mass is 79.9. The number of carbonyl (C=O) groups is 1. The molecule has 1 heterocycles. The summed E-state index contributed by atoms with van der Waals surface area (Å²) in [4.78, 5) is 10.8. The van der Waals surface area contributed by atoms with Gasteiger partial charge in [-0.3, -0.25) is 9.48 Å². The van der Waals surface area contributed by atoms with Gasteiger partial charge in [0.25, 0.3) is 0 Å². The lowest BCUT2D eigenvalue weighted by Gasteiger charge is -2.18. The summed E-state index contributed by atoms with van der Waals surface area (Å²) >= 11 is 3.24. The molecule has 0 aliphatic carbocycles. The molecule has 1 atom stereocenters. The van der Waals surface area contributed by atoms with Crippen molar-refractivity contribution in [1.82, 2.24) is 9.78 Å². The van der Waals surface area contributed by atoms with E-state index in [0.29, 0.717) is 29.6 Å². The van der Waals surface area contributed by atoms with Gasteiger partial charge in [0, 0.05) is 7.11 Å². The van der Waals surface area contributed by atoms with Crippen LogP contribution in [0.1, 0.15) is 12.6 Å². The maximum atomic E-state index is 10.8. The van der Waals surface area contributed by atoms with Crippen LogP contribution in [0, 0.1) is 0 Å². The Morgan fingerprint density at radius 3 is 3.00 bits per heavy atom. The number of aliphatic hydroxyl groups is 1. The second-order valence-corrected chi connectivity index (χ2v) is 4.18. The minimum Gasteiger partial charge on any atom is -0.383 e. The molecule has 0 aromatic carbocycles. The number of carbonyl (C=O) groups excluding carboxylic acids is 1. The van der Waals surface area contributed by atoms with E-state index < -0.39 is 5.60 Å². The quantitative estimate of drug-likeness (QED) is 0.805. The van der Waals surface area contributed by atoms with E-state index in [-0.39, 0.29) is 0 Å². The van der Waals surface area contributed by atoms with Crippen LogP contribution in [-0.4, -0.2) is 34.9 Å². The molecule has 0 saturated heterocycles. The summed E-state index contributed by atoms with van der Waals surface area (Å²) in [6.45, 7) is 2.38. The summed E-state index contributed by atoms with van der Waals surface area (Å²) in [5, 5.41) is 13.9. The smallest absolute Gasteiger partial charge is 0.159 e. The van der Waals surface area contributed by atoms with Gasteiger partial charge in [-0.2, -0.15) is 5.10 Å². The van der Waals surface area contributed by atoms with Crippen LogP contribution < -0.4 is 0 Å². The third-order valence-electron chi connectivity index (χ3n) is 2.01. The molecule has 6 heteroatoms. The number of methoxy groups -OCH3 is 1. The first-order valence-electron chi connectivity index (χ1n) is 4.42. The zero-order valence-corrected chi connectivity index (χ0v) is 10.2. The van der Waals surface area contributed by atoms with Crippen molar-refractivity contribution < 1.29 is 14.6 Å². The molecule has 1 rings (SSSR count). The van der Waals surface area contributed by atoms with Crippen molar-refractivity contribution in [2.24, 2.45) is 0 Å². The van der Waals surface area contributed by atoms with Gasteiger partial charge in [0.05, 0.1) is 29.5 Å². The van der Waals surface area contributed by atoms with Crippen molar-refractivity contribution >= 4 is 22.2 Å². The van der Waals surface area contributed by atoms with Crippen LogP contribution in [0.15, 0.2) is 10.7 Å². The van der Waals surface area contributed by atoms with E-state index in [1.165, 1.54) is 6.92 Å². The third kappa shape index (κ3) is 2.64. The summed E-state index contributed by atoms with van der Waals surface area (Å²) < 4.78 is 7.06. The zero-order chi connectivity index (χ0) is 11.5. The Labute approximate surface area is 96.2 Å². The lowest BCUT2D eigenvalue weighted by molar-refractivity contribution is -0.123. The average Bonchev–Trinajstić information content (AvgIpc) is 2.57. The molecule has 0 aliphatic rings. The van der Waals surface area contributed by atoms with Gasteiger partial charge in [-0.1, -0.05) is 0 Å². The molecule has 0 aliphatic heterocycles. The lowest BCUT2D eigenvalue weighted by atomic mass is 10.1. The molecule has 1 aromatic rings. The normalized spacial score (nSPS) is 14.9. The summed E-state index contributed by atoms with van der Waals surface area (Å²) in [6, 6.07) is 0. The summed E-state index contributed by atoms with van der Waals surface area (Å²) in [7, 11) is 1.58. The van der Waals surface area contributed by atoms with Crippen LogP contribution in [0.25, 0.3) is 0 Å². The Balaban J connectivity index is 3.03. The van der Waals surface area contributed by atoms with Gasteiger partial charge in [0.2, 0.25) is 0 Å². The van der Waals surface area contributed by atoms with Gasteiger partial charge < -0.3 is 9.84 Å². The highest BCUT2D eigenvalue weighted by Crippen LogP contribution is 2.26. The van der Waals surface area contributed by atoms with E-state index in [2.05, 4.69) is 21.0 Å². The molecule has 0 saturated carbocycles. The molecule has 1 N–H and O–H groups in total. The minimum atomic E-state index is -1.54. The van der Waals surface area contributed by atoms with E-state index in [1.54, 1.807) is 18.0 Å². The van der Waals surface area contributed by atoms with Gasteiger partial charge in [0.15, 0.2) is 11.9 Å². The van der Waals surface area contributed by atoms with Crippen LogP contribution in [-0.2, 0) is 21.7 Å². The molecule has 1 aromatic heterocycles. The molecule has 0 spiro atoms. The fourth-order valence-electron chi connectivity index (χ4n) is 1.27. The molecule has 15 heavy (non-hydrogen) atoms. The average molecular weight is 277 g/mol. The number of rotatable bonds is 5. The first-order chi connectivity index (χ1) is 7.03. The molecule has 1 unspecified atom stereocenters. The number of aromatic nitrogens is 2. The SMILES string of the molecule is COCCn1ncc(Br)c1C(C)(O)C=O. The van der Waals surface area contributed by atoms with Gasteiger partial charge in [-0.05, 0) is 22.9 Å². The molecular weight excluding hydrogens is 264 g/mol. The molecule has 0 fully saturated rings. The first-order valence-corrected chi connectivity index (χ1v) is 5.21. The Bertz CT molecular complexity index is 349. The first kappa shape index (κ1) is 12.4. The van der Waals surface area contributed by atoms with Crippen molar-refractivity contribution in [2.45, 2.75) is 19.1 Å². The van der Waals surface area contributed by atoms with Crippen LogP contribution >= 0.6 is 15.9 Å². The van der Waals surface area contributed by atoms with Crippen molar-refractivity contribution in [3.8, 4) is 0 Å². The molecule has 84 valence electrons. The molecule has 0 bridgehead atoms. The molecule has 0 amide bonds. The Hall–Kier alpha value is -0.720. The van der Waals surface area contributed by atoms with Gasteiger partial charge >= 0.3 is 0 Å². The van der Waals surface area contributed by atoms with E-state index in [4.69, 9.17) is 4.74 Å². The van der Waals surface area contributed by atoms with E-state index in [1.807, 2.05) is 0 Å². The van der Waals surface area contributed by atoms with Crippen LogP contribution in [0.4, 0.5) is 0 Å². The van der Waals surface area contributed by atoms with Crippen LogP contribution in [0.2, 0.25) is 0 Å². The Kier molecular flexibility index (Phi) is 4.01. The molecule has 5 nitrogen and oxygen atoms in total. The van der Waals surface area contributed by atoms with E-state index in [9.17, 15) is 9.90 Å². The number of hydrogen-bond donors (Lipinski definition) is 1. The van der Waals surface area contributed by atoms with Gasteiger partial charge in [-0.15, -0.1) is 0 Å². The maximum Gasteiger partial charge on any atom is 0.159 e. The lowest BCUT2D eigenvalue weighted by Crippen LogP contribution is -2.28. The molecule has 0 radical (unpaired) electrons. The topological polar surface area (TPSA) is 64.3 Å². The highest BCUT2D eigenvalue weighted by Gasteiger charge is 2.29. The van der Waals surface area contributed by atoms with Crippen molar-refractivity contribution in [2.75, 3.05) is 13.7 Å². The number of aldehydes is 1. The third-order valence-corrected chi connectivity index (χ3v) is 2.59. The predicted molar refractivity (Wildman–Crippen MR) is 57.4 cm³/mol. The monoisotopic (exact) mass is 276 g/mol. The zero-order valence-electron chi connectivity index (χ0n) is 8.61. The van der Waals surface area contributed by atoms with Crippen LogP contribution in [0.3, 0.4) is 0 Å². The second-order valence-electron chi connectivity index (χ2n) is 3.32. The fraction of sp³-hybridized carbons (Fsp3) is 0.556. The Morgan fingerprint density at radius 1 is 1.80 bits per heavy atom. The second kappa shape index (κ2) is 4.87. The number of hydrogen-bond acceptors (Lipinski definition) is 4. The summed E-state index contributed by atoms with van der Waals surface area (Å²) in [5.74, 6) is 0. The van der Waals surface area contributed by atoms with Crippen molar-refractivity contribution in [1.29, 1.82) is 0 Å². The standard InChI is InChI=1S/C9H13BrN2O3/c1-9(14,6-13)8-7(10)5-11-12(8)3-4-15-2/h5-6,14H,3-4H2,1-2H3. The van der Waals surface area contributed by atoms with Crippen LogP contribution in [0.5, 0.6) is 0 Å². The van der Waals surface area contributed by atoms with Gasteiger partial charge in [0.1, 0.15) is 0 Å². The Morgan fingerprint density at radius 2 is 2.47 bits per heavy atom. The minimum absolute atomic E-state index is 0.439.